The zero-order chi connectivity index (χ0) is 20.1. The van der Waals surface area contributed by atoms with Crippen molar-refractivity contribution in [3.63, 3.8) is 0 Å². The van der Waals surface area contributed by atoms with E-state index in [1.165, 1.54) is 0 Å². The van der Waals surface area contributed by atoms with Crippen LogP contribution in [-0.4, -0.2) is 36.2 Å². The number of hydrogen-bond acceptors (Lipinski definition) is 4. The van der Waals surface area contributed by atoms with Gasteiger partial charge in [-0.25, -0.2) is 0 Å². The summed E-state index contributed by atoms with van der Waals surface area (Å²) in [5.74, 6) is 0.661. The van der Waals surface area contributed by atoms with Gasteiger partial charge in [-0.1, -0.05) is 44.2 Å². The summed E-state index contributed by atoms with van der Waals surface area (Å²) in [6.45, 7) is 7.20. The van der Waals surface area contributed by atoms with Gasteiger partial charge in [-0.15, -0.1) is 0 Å². The van der Waals surface area contributed by atoms with Crippen LogP contribution in [0.4, 0.5) is 0 Å². The number of likely N-dealkylation sites (N-methyl/N-ethyl adjacent to an activating group) is 1. The molecule has 0 saturated carbocycles. The fourth-order valence-electron chi connectivity index (χ4n) is 3.56. The molecule has 1 heterocycles. The van der Waals surface area contributed by atoms with Crippen LogP contribution in [0.1, 0.15) is 19.5 Å². The van der Waals surface area contributed by atoms with Crippen LogP contribution in [0.15, 0.2) is 53.3 Å². The summed E-state index contributed by atoms with van der Waals surface area (Å²) in [6.07, 6.45) is 0. The predicted molar refractivity (Wildman–Crippen MR) is 113 cm³/mol. The van der Waals surface area contributed by atoms with Crippen molar-refractivity contribution < 1.29 is 4.74 Å². The second-order valence-electron chi connectivity index (χ2n) is 6.60. The summed E-state index contributed by atoms with van der Waals surface area (Å²) in [5.41, 5.74) is 1.94. The van der Waals surface area contributed by atoms with E-state index in [0.29, 0.717) is 23.4 Å². The molecule has 0 saturated heterocycles. The highest BCUT2D eigenvalue weighted by atomic mass is 16.5. The van der Waals surface area contributed by atoms with Gasteiger partial charge in [-0.2, -0.15) is 5.26 Å². The quantitative estimate of drug-likeness (QED) is 0.629. The molecule has 0 fully saturated rings. The maximum atomic E-state index is 13.2. The molecule has 28 heavy (non-hydrogen) atoms. The third-order valence-corrected chi connectivity index (χ3v) is 5.18. The van der Waals surface area contributed by atoms with Crippen LogP contribution in [0.5, 0.6) is 5.75 Å². The topological polar surface area (TPSA) is 58.3 Å². The summed E-state index contributed by atoms with van der Waals surface area (Å²) in [6, 6.07) is 17.5. The Hall–Kier alpha value is -3.10. The molecule has 5 nitrogen and oxygen atoms in total. The first-order valence-corrected chi connectivity index (χ1v) is 9.57. The van der Waals surface area contributed by atoms with E-state index in [1.54, 1.807) is 23.8 Å². The van der Waals surface area contributed by atoms with Gasteiger partial charge in [-0.05, 0) is 36.9 Å². The minimum absolute atomic E-state index is 0.138. The standard InChI is InChI=1S/C23H25N3O2/c1-4-25(5-2)13-14-26-21(16-24)22(17-9-7-6-8-10-17)20-15-18(28-3)11-12-19(20)23(26)27/h6-12,15H,4-5,13-14H2,1-3H3. The van der Waals surface area contributed by atoms with Crippen LogP contribution < -0.4 is 10.3 Å². The second kappa shape index (κ2) is 8.73. The van der Waals surface area contributed by atoms with Crippen molar-refractivity contribution in [1.82, 2.24) is 9.47 Å². The van der Waals surface area contributed by atoms with Gasteiger partial charge < -0.3 is 9.64 Å². The highest BCUT2D eigenvalue weighted by molar-refractivity contribution is 5.99. The fraction of sp³-hybridized carbons (Fsp3) is 0.304. The molecular formula is C23H25N3O2. The molecule has 0 unspecified atom stereocenters. The molecule has 3 aromatic rings. The summed E-state index contributed by atoms with van der Waals surface area (Å²) in [7, 11) is 1.60. The maximum absolute atomic E-state index is 13.2. The van der Waals surface area contributed by atoms with E-state index >= 15 is 0 Å². The largest absolute Gasteiger partial charge is 0.497 e. The third-order valence-electron chi connectivity index (χ3n) is 5.18. The summed E-state index contributed by atoms with van der Waals surface area (Å²) < 4.78 is 6.99. The molecule has 0 atom stereocenters. The summed E-state index contributed by atoms with van der Waals surface area (Å²) in [4.78, 5) is 15.5. The van der Waals surface area contributed by atoms with Crippen LogP contribution >= 0.6 is 0 Å². The summed E-state index contributed by atoms with van der Waals surface area (Å²) >= 11 is 0. The molecule has 0 aliphatic heterocycles. The maximum Gasteiger partial charge on any atom is 0.259 e. The first-order valence-electron chi connectivity index (χ1n) is 9.57. The lowest BCUT2D eigenvalue weighted by atomic mass is 9.97. The number of aromatic nitrogens is 1. The molecule has 0 aliphatic carbocycles. The van der Waals surface area contributed by atoms with Crippen LogP contribution in [-0.2, 0) is 6.54 Å². The van der Waals surface area contributed by atoms with Gasteiger partial charge >= 0.3 is 0 Å². The lowest BCUT2D eigenvalue weighted by Gasteiger charge is -2.21. The Kier molecular flexibility index (Phi) is 6.13. The van der Waals surface area contributed by atoms with Gasteiger partial charge in [-0.3, -0.25) is 9.36 Å². The van der Waals surface area contributed by atoms with Crippen molar-refractivity contribution in [3.8, 4) is 22.9 Å². The number of fused-ring (bicyclic) bond motifs is 1. The zero-order valence-electron chi connectivity index (χ0n) is 16.6. The molecule has 0 amide bonds. The van der Waals surface area contributed by atoms with Crippen molar-refractivity contribution in [2.75, 3.05) is 26.7 Å². The smallest absolute Gasteiger partial charge is 0.259 e. The Balaban J connectivity index is 2.31. The fourth-order valence-corrected chi connectivity index (χ4v) is 3.56. The molecule has 0 N–H and O–H groups in total. The Morgan fingerprint density at radius 1 is 1.07 bits per heavy atom. The SMILES string of the molecule is CCN(CC)CCn1c(C#N)c(-c2ccccc2)c2cc(OC)ccc2c1=O. The average Bonchev–Trinajstić information content (AvgIpc) is 2.75. The van der Waals surface area contributed by atoms with E-state index in [-0.39, 0.29) is 5.56 Å². The number of ether oxygens (including phenoxy) is 1. The van der Waals surface area contributed by atoms with Crippen molar-refractivity contribution in [2.24, 2.45) is 0 Å². The molecule has 5 heteroatoms. The molecule has 2 aromatic carbocycles. The monoisotopic (exact) mass is 375 g/mol. The second-order valence-corrected chi connectivity index (χ2v) is 6.60. The lowest BCUT2D eigenvalue weighted by Crippen LogP contribution is -2.32. The number of pyridine rings is 1. The molecule has 1 aromatic heterocycles. The van der Waals surface area contributed by atoms with Crippen molar-refractivity contribution in [1.29, 1.82) is 5.26 Å². The summed E-state index contributed by atoms with van der Waals surface area (Å²) in [5, 5.41) is 11.3. The molecule has 0 bridgehead atoms. The minimum Gasteiger partial charge on any atom is -0.497 e. The third kappa shape index (κ3) is 3.64. The van der Waals surface area contributed by atoms with Gasteiger partial charge in [0.25, 0.3) is 5.56 Å². The first-order chi connectivity index (χ1) is 13.6. The van der Waals surface area contributed by atoms with Crippen molar-refractivity contribution in [2.45, 2.75) is 20.4 Å². The van der Waals surface area contributed by atoms with E-state index in [2.05, 4.69) is 24.8 Å². The van der Waals surface area contributed by atoms with E-state index in [4.69, 9.17) is 4.74 Å². The average molecular weight is 375 g/mol. The Morgan fingerprint density at radius 2 is 1.79 bits per heavy atom. The van der Waals surface area contributed by atoms with E-state index in [9.17, 15) is 10.1 Å². The van der Waals surface area contributed by atoms with Gasteiger partial charge in [0, 0.05) is 29.4 Å². The van der Waals surface area contributed by atoms with Gasteiger partial charge in [0.15, 0.2) is 0 Å². The Labute approximate surface area is 165 Å². The highest BCUT2D eigenvalue weighted by Crippen LogP contribution is 2.32. The highest BCUT2D eigenvalue weighted by Gasteiger charge is 2.19. The van der Waals surface area contributed by atoms with Gasteiger partial charge in [0.05, 0.1) is 7.11 Å². The van der Waals surface area contributed by atoms with E-state index in [0.717, 1.165) is 36.1 Å². The van der Waals surface area contributed by atoms with Crippen LogP contribution in [0.25, 0.3) is 21.9 Å². The molecular weight excluding hydrogens is 350 g/mol. The molecule has 3 rings (SSSR count). The Bertz CT molecular complexity index is 1060. The molecule has 0 radical (unpaired) electrons. The molecule has 0 spiro atoms. The molecule has 144 valence electrons. The van der Waals surface area contributed by atoms with E-state index < -0.39 is 0 Å². The number of benzene rings is 2. The van der Waals surface area contributed by atoms with Crippen LogP contribution in [0, 0.1) is 11.3 Å². The van der Waals surface area contributed by atoms with E-state index in [1.807, 2.05) is 36.4 Å². The van der Waals surface area contributed by atoms with Crippen molar-refractivity contribution in [3.05, 3.63) is 64.6 Å². The number of nitrogens with zero attached hydrogens (tertiary/aromatic N) is 3. The van der Waals surface area contributed by atoms with Gasteiger partial charge in [0.1, 0.15) is 17.5 Å². The first kappa shape index (κ1) is 19.7. The van der Waals surface area contributed by atoms with Crippen LogP contribution in [0.2, 0.25) is 0 Å². The number of rotatable bonds is 7. The normalized spacial score (nSPS) is 11.0. The van der Waals surface area contributed by atoms with Gasteiger partial charge in [0.2, 0.25) is 0 Å². The van der Waals surface area contributed by atoms with Crippen molar-refractivity contribution >= 4 is 10.8 Å². The Morgan fingerprint density at radius 3 is 2.39 bits per heavy atom. The predicted octanol–water partition coefficient (Wildman–Crippen LogP) is 3.89. The molecule has 0 aliphatic rings. The lowest BCUT2D eigenvalue weighted by molar-refractivity contribution is 0.289. The number of hydrogen-bond donors (Lipinski definition) is 0. The number of nitriles is 1. The number of methoxy groups -OCH3 is 1. The zero-order valence-corrected chi connectivity index (χ0v) is 16.6. The minimum atomic E-state index is -0.138. The van der Waals surface area contributed by atoms with Crippen LogP contribution in [0.3, 0.4) is 0 Å².